The highest BCUT2D eigenvalue weighted by Gasteiger charge is 2.32. The molecule has 6 heteroatoms. The molecular formula is C21H24N2O4. The number of imidazole rings is 1. The molecule has 0 unspecified atom stereocenters. The predicted octanol–water partition coefficient (Wildman–Crippen LogP) is 2.61. The normalized spacial score (nSPS) is 14.6. The van der Waals surface area contributed by atoms with E-state index in [2.05, 4.69) is 9.97 Å². The molecule has 0 radical (unpaired) electrons. The van der Waals surface area contributed by atoms with Gasteiger partial charge in [-0.3, -0.25) is 0 Å². The number of nitrogens with one attached hydrogen (secondary N) is 1. The number of rotatable bonds is 10. The third-order valence-electron chi connectivity index (χ3n) is 4.25. The molecule has 0 aliphatic heterocycles. The molecule has 0 saturated carbocycles. The standard InChI is InChI=1S/C21H24N2O4/c24-12-19(25)21(27-14-17-9-5-2-6-10-17)20(18-11-22-15-23-18)26-13-16-7-3-1-4-8-16/h1-11,15,19-21,24-25H,12-14H2,(H,22,23)/t19-,20+,21+/m0/s1. The van der Waals surface area contributed by atoms with Gasteiger partial charge in [-0.05, 0) is 11.1 Å². The van der Waals surface area contributed by atoms with Crippen LogP contribution in [-0.2, 0) is 22.7 Å². The molecule has 0 fully saturated rings. The van der Waals surface area contributed by atoms with Crippen LogP contribution in [0, 0.1) is 0 Å². The molecule has 0 aliphatic rings. The second kappa shape index (κ2) is 9.99. The number of hydrogen-bond donors (Lipinski definition) is 3. The van der Waals surface area contributed by atoms with Crippen LogP contribution in [0.4, 0.5) is 0 Å². The van der Waals surface area contributed by atoms with E-state index < -0.39 is 24.9 Å². The Bertz CT molecular complexity index is 765. The highest BCUT2D eigenvalue weighted by atomic mass is 16.5. The van der Waals surface area contributed by atoms with Crippen molar-refractivity contribution in [1.29, 1.82) is 0 Å². The average Bonchev–Trinajstić information content (AvgIpc) is 3.26. The molecule has 142 valence electrons. The molecule has 1 aromatic heterocycles. The molecule has 2 aromatic carbocycles. The quantitative estimate of drug-likeness (QED) is 0.512. The van der Waals surface area contributed by atoms with Crippen LogP contribution in [-0.4, -0.2) is 39.0 Å². The molecule has 3 rings (SSSR count). The number of nitrogens with zero attached hydrogens (tertiary/aromatic N) is 1. The van der Waals surface area contributed by atoms with E-state index in [4.69, 9.17) is 9.47 Å². The lowest BCUT2D eigenvalue weighted by Crippen LogP contribution is -2.38. The maximum absolute atomic E-state index is 10.4. The summed E-state index contributed by atoms with van der Waals surface area (Å²) in [4.78, 5) is 7.07. The van der Waals surface area contributed by atoms with Crippen LogP contribution in [0.2, 0.25) is 0 Å². The van der Waals surface area contributed by atoms with E-state index in [-0.39, 0.29) is 0 Å². The number of aromatic nitrogens is 2. The molecule has 6 nitrogen and oxygen atoms in total. The zero-order valence-corrected chi connectivity index (χ0v) is 14.9. The van der Waals surface area contributed by atoms with Crippen molar-refractivity contribution < 1.29 is 19.7 Å². The lowest BCUT2D eigenvalue weighted by molar-refractivity contribution is -0.144. The number of H-pyrrole nitrogens is 1. The van der Waals surface area contributed by atoms with Crippen LogP contribution in [0.25, 0.3) is 0 Å². The van der Waals surface area contributed by atoms with Gasteiger partial charge in [0.1, 0.15) is 18.3 Å². The number of aromatic amines is 1. The second-order valence-corrected chi connectivity index (χ2v) is 6.24. The summed E-state index contributed by atoms with van der Waals surface area (Å²) >= 11 is 0. The molecule has 0 saturated heterocycles. The van der Waals surface area contributed by atoms with Crippen LogP contribution in [0.3, 0.4) is 0 Å². The molecule has 3 atom stereocenters. The van der Waals surface area contributed by atoms with Crippen LogP contribution < -0.4 is 0 Å². The van der Waals surface area contributed by atoms with Crippen molar-refractivity contribution in [2.45, 2.75) is 31.5 Å². The Kier molecular flexibility index (Phi) is 7.12. The van der Waals surface area contributed by atoms with Crippen LogP contribution in [0.5, 0.6) is 0 Å². The SMILES string of the molecule is OC[C@H](O)[C@@H](OCc1ccccc1)[C@H](OCc1ccccc1)c1cnc[nH]1. The first-order valence-electron chi connectivity index (χ1n) is 8.86. The van der Waals surface area contributed by atoms with E-state index in [1.54, 1.807) is 12.5 Å². The summed E-state index contributed by atoms with van der Waals surface area (Å²) in [5.74, 6) is 0. The van der Waals surface area contributed by atoms with Gasteiger partial charge < -0.3 is 24.7 Å². The fraction of sp³-hybridized carbons (Fsp3) is 0.286. The lowest BCUT2D eigenvalue weighted by Gasteiger charge is -2.29. The van der Waals surface area contributed by atoms with Gasteiger partial charge in [-0.15, -0.1) is 0 Å². The van der Waals surface area contributed by atoms with Crippen LogP contribution in [0.15, 0.2) is 73.2 Å². The second-order valence-electron chi connectivity index (χ2n) is 6.24. The van der Waals surface area contributed by atoms with Crippen molar-refractivity contribution in [2.75, 3.05) is 6.61 Å². The summed E-state index contributed by atoms with van der Waals surface area (Å²) in [6.45, 7) is 0.203. The Morgan fingerprint density at radius 2 is 1.48 bits per heavy atom. The van der Waals surface area contributed by atoms with Crippen LogP contribution in [0.1, 0.15) is 22.9 Å². The summed E-state index contributed by atoms with van der Waals surface area (Å²) in [6, 6.07) is 19.4. The Morgan fingerprint density at radius 3 is 2.00 bits per heavy atom. The van der Waals surface area contributed by atoms with Crippen molar-refractivity contribution >= 4 is 0 Å². The zero-order valence-electron chi connectivity index (χ0n) is 14.9. The van der Waals surface area contributed by atoms with Gasteiger partial charge in [0.05, 0.1) is 38.0 Å². The number of aliphatic hydroxyl groups is 2. The van der Waals surface area contributed by atoms with Crippen molar-refractivity contribution in [2.24, 2.45) is 0 Å². The van der Waals surface area contributed by atoms with Crippen LogP contribution >= 0.6 is 0 Å². The molecular weight excluding hydrogens is 344 g/mol. The smallest absolute Gasteiger partial charge is 0.128 e. The van der Waals surface area contributed by atoms with Gasteiger partial charge in [0.25, 0.3) is 0 Å². The molecule has 0 spiro atoms. The topological polar surface area (TPSA) is 87.6 Å². The molecule has 3 N–H and O–H groups in total. The Balaban J connectivity index is 1.76. The van der Waals surface area contributed by atoms with Gasteiger partial charge in [-0.25, -0.2) is 4.98 Å². The minimum Gasteiger partial charge on any atom is -0.394 e. The summed E-state index contributed by atoms with van der Waals surface area (Å²) in [5.41, 5.74) is 2.65. The minimum atomic E-state index is -1.10. The van der Waals surface area contributed by atoms with Gasteiger partial charge >= 0.3 is 0 Å². The molecule has 0 bridgehead atoms. The average molecular weight is 368 g/mol. The predicted molar refractivity (Wildman–Crippen MR) is 101 cm³/mol. The number of hydrogen-bond acceptors (Lipinski definition) is 5. The number of ether oxygens (including phenoxy) is 2. The Morgan fingerprint density at radius 1 is 0.889 bits per heavy atom. The first-order valence-corrected chi connectivity index (χ1v) is 8.86. The number of aliphatic hydroxyl groups excluding tert-OH is 2. The Hall–Kier alpha value is -2.51. The summed E-state index contributed by atoms with van der Waals surface area (Å²) in [7, 11) is 0. The van der Waals surface area contributed by atoms with E-state index in [0.717, 1.165) is 11.1 Å². The zero-order chi connectivity index (χ0) is 18.9. The van der Waals surface area contributed by atoms with E-state index in [9.17, 15) is 10.2 Å². The van der Waals surface area contributed by atoms with Gasteiger partial charge in [0.15, 0.2) is 0 Å². The molecule has 27 heavy (non-hydrogen) atoms. The third kappa shape index (κ3) is 5.48. The van der Waals surface area contributed by atoms with Crippen molar-refractivity contribution in [3.63, 3.8) is 0 Å². The third-order valence-corrected chi connectivity index (χ3v) is 4.25. The highest BCUT2D eigenvalue weighted by molar-refractivity contribution is 5.15. The molecule has 0 amide bonds. The molecule has 1 heterocycles. The van der Waals surface area contributed by atoms with Gasteiger partial charge in [0.2, 0.25) is 0 Å². The lowest BCUT2D eigenvalue weighted by atomic mass is 10.1. The first kappa shape index (κ1) is 19.3. The molecule has 0 aliphatic carbocycles. The van der Waals surface area contributed by atoms with Crippen molar-refractivity contribution in [3.05, 3.63) is 90.0 Å². The van der Waals surface area contributed by atoms with E-state index in [1.807, 2.05) is 60.7 Å². The fourth-order valence-electron chi connectivity index (χ4n) is 2.81. The number of benzene rings is 2. The summed E-state index contributed by atoms with van der Waals surface area (Å²) < 4.78 is 12.1. The minimum absolute atomic E-state index is 0.294. The molecule has 3 aromatic rings. The van der Waals surface area contributed by atoms with E-state index >= 15 is 0 Å². The van der Waals surface area contributed by atoms with E-state index in [0.29, 0.717) is 18.9 Å². The van der Waals surface area contributed by atoms with Crippen molar-refractivity contribution in [1.82, 2.24) is 9.97 Å². The maximum atomic E-state index is 10.4. The van der Waals surface area contributed by atoms with Crippen molar-refractivity contribution in [3.8, 4) is 0 Å². The van der Waals surface area contributed by atoms with E-state index in [1.165, 1.54) is 0 Å². The van der Waals surface area contributed by atoms with Gasteiger partial charge in [-0.2, -0.15) is 0 Å². The summed E-state index contributed by atoms with van der Waals surface area (Å²) in [6.07, 6.45) is 0.711. The largest absolute Gasteiger partial charge is 0.394 e. The monoisotopic (exact) mass is 368 g/mol. The first-order chi connectivity index (χ1) is 13.3. The maximum Gasteiger partial charge on any atom is 0.128 e. The Labute approximate surface area is 158 Å². The highest BCUT2D eigenvalue weighted by Crippen LogP contribution is 2.26. The fourth-order valence-corrected chi connectivity index (χ4v) is 2.81. The van der Waals surface area contributed by atoms with Gasteiger partial charge in [0, 0.05) is 0 Å². The summed E-state index contributed by atoms with van der Waals surface area (Å²) in [5, 5.41) is 19.9. The van der Waals surface area contributed by atoms with Gasteiger partial charge in [-0.1, -0.05) is 60.7 Å².